The van der Waals surface area contributed by atoms with Crippen LogP contribution in [-0.2, 0) is 6.42 Å². The maximum Gasteiger partial charge on any atom is 0.269 e. The van der Waals surface area contributed by atoms with Gasteiger partial charge in [-0.3, -0.25) is 4.79 Å². The number of hydrogen-bond donors (Lipinski definition) is 2. The lowest BCUT2D eigenvalue weighted by molar-refractivity contribution is 0.0949. The molecule has 1 aromatic carbocycles. The van der Waals surface area contributed by atoms with Gasteiger partial charge in [0.15, 0.2) is 0 Å². The van der Waals surface area contributed by atoms with E-state index < -0.39 is 0 Å². The fourth-order valence-corrected chi connectivity index (χ4v) is 2.12. The fraction of sp³-hybridized carbons (Fsp3) is 0.333. The van der Waals surface area contributed by atoms with Gasteiger partial charge < -0.3 is 15.5 Å². The number of aromatic nitrogens is 1. The van der Waals surface area contributed by atoms with Crippen LogP contribution in [0, 0.1) is 5.82 Å². The molecule has 0 aliphatic heterocycles. The molecule has 0 unspecified atom stereocenters. The van der Waals surface area contributed by atoms with E-state index >= 15 is 0 Å². The Morgan fingerprint density at radius 2 is 1.88 bits per heavy atom. The number of anilines is 1. The number of amides is 1. The topological polar surface area (TPSA) is 57.3 Å². The Hall–Kier alpha value is -2.47. The van der Waals surface area contributed by atoms with E-state index in [1.807, 2.05) is 20.2 Å². The van der Waals surface area contributed by atoms with E-state index in [-0.39, 0.29) is 11.7 Å². The molecule has 1 amide bonds. The van der Waals surface area contributed by atoms with Crippen molar-refractivity contribution in [3.05, 3.63) is 59.7 Å². The van der Waals surface area contributed by atoms with Crippen LogP contribution in [0.25, 0.3) is 0 Å². The smallest absolute Gasteiger partial charge is 0.269 e. The summed E-state index contributed by atoms with van der Waals surface area (Å²) in [5, 5.41) is 6.06. The zero-order valence-corrected chi connectivity index (χ0v) is 14.1. The molecule has 1 aromatic heterocycles. The third-order valence-corrected chi connectivity index (χ3v) is 3.50. The number of carbonyl (C=O) groups excluding carboxylic acids is 1. The zero-order valence-electron chi connectivity index (χ0n) is 14.1. The van der Waals surface area contributed by atoms with Crippen molar-refractivity contribution >= 4 is 11.6 Å². The van der Waals surface area contributed by atoms with E-state index in [0.29, 0.717) is 18.7 Å². The second-order valence-electron chi connectivity index (χ2n) is 5.79. The summed E-state index contributed by atoms with van der Waals surface area (Å²) in [5.74, 6) is -0.469. The van der Waals surface area contributed by atoms with Crippen LogP contribution in [0.3, 0.4) is 0 Å². The van der Waals surface area contributed by atoms with Crippen LogP contribution in [0.2, 0.25) is 0 Å². The van der Waals surface area contributed by atoms with Crippen molar-refractivity contribution in [1.29, 1.82) is 0 Å². The maximum atomic E-state index is 12.8. The van der Waals surface area contributed by atoms with Crippen molar-refractivity contribution in [3.8, 4) is 0 Å². The number of likely N-dealkylation sites (N-methyl/N-ethyl adjacent to an activating group) is 1. The number of hydrogen-bond acceptors (Lipinski definition) is 4. The van der Waals surface area contributed by atoms with Crippen molar-refractivity contribution < 1.29 is 9.18 Å². The van der Waals surface area contributed by atoms with Crippen LogP contribution in [0.1, 0.15) is 16.1 Å². The highest BCUT2D eigenvalue weighted by Gasteiger charge is 2.06. The Labute approximate surface area is 141 Å². The monoisotopic (exact) mass is 330 g/mol. The highest BCUT2D eigenvalue weighted by molar-refractivity contribution is 5.92. The number of carbonyl (C=O) groups is 1. The quantitative estimate of drug-likeness (QED) is 0.779. The molecular formula is C18H23FN4O. The van der Waals surface area contributed by atoms with Gasteiger partial charge in [0.2, 0.25) is 0 Å². The van der Waals surface area contributed by atoms with Gasteiger partial charge in [-0.05, 0) is 50.3 Å². The van der Waals surface area contributed by atoms with Gasteiger partial charge in [-0.1, -0.05) is 12.1 Å². The third kappa shape index (κ3) is 5.96. The molecule has 2 aromatic rings. The molecule has 6 heteroatoms. The van der Waals surface area contributed by atoms with E-state index in [1.54, 1.807) is 24.4 Å². The van der Waals surface area contributed by atoms with Gasteiger partial charge in [0.1, 0.15) is 11.5 Å². The third-order valence-electron chi connectivity index (χ3n) is 3.50. The summed E-state index contributed by atoms with van der Waals surface area (Å²) >= 11 is 0. The molecule has 24 heavy (non-hydrogen) atoms. The van der Waals surface area contributed by atoms with Gasteiger partial charge in [0, 0.05) is 19.6 Å². The van der Waals surface area contributed by atoms with Crippen LogP contribution in [0.15, 0.2) is 42.6 Å². The number of benzene rings is 1. The molecule has 1 heterocycles. The Kier molecular flexibility index (Phi) is 6.69. The average Bonchev–Trinajstić information content (AvgIpc) is 2.57. The summed E-state index contributed by atoms with van der Waals surface area (Å²) in [6.45, 7) is 2.22. The Morgan fingerprint density at radius 3 is 2.50 bits per heavy atom. The van der Waals surface area contributed by atoms with Gasteiger partial charge in [0.05, 0.1) is 11.9 Å². The summed E-state index contributed by atoms with van der Waals surface area (Å²) in [7, 11) is 4.03. The fourth-order valence-electron chi connectivity index (χ4n) is 2.12. The van der Waals surface area contributed by atoms with Gasteiger partial charge in [-0.25, -0.2) is 9.37 Å². The van der Waals surface area contributed by atoms with Gasteiger partial charge in [0.25, 0.3) is 5.91 Å². The summed E-state index contributed by atoms with van der Waals surface area (Å²) in [4.78, 5) is 18.3. The molecule has 0 saturated carbocycles. The van der Waals surface area contributed by atoms with Gasteiger partial charge in [-0.2, -0.15) is 0 Å². The van der Waals surface area contributed by atoms with Crippen LogP contribution >= 0.6 is 0 Å². The van der Waals surface area contributed by atoms with Gasteiger partial charge >= 0.3 is 0 Å². The minimum absolute atomic E-state index is 0.211. The molecule has 0 aliphatic rings. The summed E-state index contributed by atoms with van der Waals surface area (Å²) in [5.41, 5.74) is 2.25. The number of halogens is 1. The van der Waals surface area contributed by atoms with Crippen molar-refractivity contribution in [1.82, 2.24) is 15.2 Å². The van der Waals surface area contributed by atoms with Crippen LogP contribution in [0.4, 0.5) is 10.1 Å². The van der Waals surface area contributed by atoms with Crippen molar-refractivity contribution in [3.63, 3.8) is 0 Å². The average molecular weight is 330 g/mol. The van der Waals surface area contributed by atoms with E-state index in [9.17, 15) is 9.18 Å². The summed E-state index contributed by atoms with van der Waals surface area (Å²) < 4.78 is 12.8. The van der Waals surface area contributed by atoms with Crippen molar-refractivity contribution in [2.75, 3.05) is 39.0 Å². The highest BCUT2D eigenvalue weighted by atomic mass is 19.1. The molecule has 0 bridgehead atoms. The molecule has 0 saturated heterocycles. The molecular weight excluding hydrogens is 307 g/mol. The summed E-state index contributed by atoms with van der Waals surface area (Å²) in [6.07, 6.45) is 2.31. The first-order valence-corrected chi connectivity index (χ1v) is 7.92. The first-order valence-electron chi connectivity index (χ1n) is 7.92. The lowest BCUT2D eigenvalue weighted by Gasteiger charge is -2.11. The van der Waals surface area contributed by atoms with Crippen molar-refractivity contribution in [2.24, 2.45) is 0 Å². The van der Waals surface area contributed by atoms with Crippen LogP contribution < -0.4 is 10.6 Å². The maximum absolute atomic E-state index is 12.8. The predicted octanol–water partition coefficient (Wildman–Crippen LogP) is 2.17. The molecule has 5 nitrogen and oxygen atoms in total. The van der Waals surface area contributed by atoms with Crippen LogP contribution in [0.5, 0.6) is 0 Å². The lowest BCUT2D eigenvalue weighted by atomic mass is 10.1. The molecule has 0 atom stereocenters. The molecule has 0 fully saturated rings. The zero-order chi connectivity index (χ0) is 17.4. The predicted molar refractivity (Wildman–Crippen MR) is 93.7 cm³/mol. The highest BCUT2D eigenvalue weighted by Crippen LogP contribution is 2.06. The van der Waals surface area contributed by atoms with E-state index in [0.717, 1.165) is 24.3 Å². The molecule has 2 rings (SSSR count). The van der Waals surface area contributed by atoms with Gasteiger partial charge in [-0.15, -0.1) is 0 Å². The molecule has 0 radical (unpaired) electrons. The van der Waals surface area contributed by atoms with Crippen LogP contribution in [-0.4, -0.2) is 49.5 Å². The minimum atomic E-state index is -0.258. The van der Waals surface area contributed by atoms with E-state index in [4.69, 9.17) is 0 Å². The second kappa shape index (κ2) is 8.98. The lowest BCUT2D eigenvalue weighted by Crippen LogP contribution is -2.26. The Balaban J connectivity index is 1.76. The van der Waals surface area contributed by atoms with E-state index in [2.05, 4.69) is 20.5 Å². The van der Waals surface area contributed by atoms with E-state index in [1.165, 1.54) is 12.1 Å². The molecule has 0 spiro atoms. The Morgan fingerprint density at radius 1 is 1.12 bits per heavy atom. The largest absolute Gasteiger partial charge is 0.383 e. The first kappa shape index (κ1) is 17.9. The number of rotatable bonds is 8. The summed E-state index contributed by atoms with van der Waals surface area (Å²) in [6, 6.07) is 9.81. The number of nitrogens with zero attached hydrogens (tertiary/aromatic N) is 2. The molecule has 0 aliphatic carbocycles. The first-order chi connectivity index (χ1) is 11.5. The molecule has 2 N–H and O–H groups in total. The number of nitrogens with one attached hydrogen (secondary N) is 2. The Bertz CT molecular complexity index is 641. The second-order valence-corrected chi connectivity index (χ2v) is 5.79. The minimum Gasteiger partial charge on any atom is -0.383 e. The number of pyridine rings is 1. The normalized spacial score (nSPS) is 10.7. The van der Waals surface area contributed by atoms with Crippen molar-refractivity contribution in [2.45, 2.75) is 6.42 Å². The molecule has 128 valence electrons. The standard InChI is InChI=1S/C18H23FN4O/c1-23(2)12-11-20-16-7-8-17(22-13-16)18(24)21-10-9-14-3-5-15(19)6-4-14/h3-8,13,20H,9-12H2,1-2H3,(H,21,24). The SMILES string of the molecule is CN(C)CCNc1ccc(C(=O)NCCc2ccc(F)cc2)nc1.